The van der Waals surface area contributed by atoms with Gasteiger partial charge in [-0.15, -0.1) is 10.2 Å². The van der Waals surface area contributed by atoms with Gasteiger partial charge in [0, 0.05) is 19.2 Å². The summed E-state index contributed by atoms with van der Waals surface area (Å²) in [7, 11) is 3.22. The van der Waals surface area contributed by atoms with E-state index in [0.717, 1.165) is 11.3 Å². The Labute approximate surface area is 164 Å². The quantitative estimate of drug-likeness (QED) is 0.362. The number of hydrogen-bond donors (Lipinski definition) is 1. The van der Waals surface area contributed by atoms with Crippen molar-refractivity contribution in [3.05, 3.63) is 46.4 Å². The van der Waals surface area contributed by atoms with Crippen LogP contribution in [-0.4, -0.2) is 38.5 Å². The molecule has 146 valence electrons. The molecule has 0 bridgehead atoms. The van der Waals surface area contributed by atoms with Gasteiger partial charge in [-0.3, -0.25) is 14.9 Å². The molecule has 0 aliphatic rings. The number of carbonyl (C=O) groups is 1. The van der Waals surface area contributed by atoms with E-state index in [2.05, 4.69) is 15.5 Å². The van der Waals surface area contributed by atoms with Gasteiger partial charge in [0.05, 0.1) is 35.3 Å². The monoisotopic (exact) mass is 403 g/mol. The normalized spacial score (nSPS) is 10.7. The molecule has 2 aromatic heterocycles. The number of ether oxygens (including phenoxy) is 1. The molecule has 1 aromatic carbocycles. The molecule has 11 heteroatoms. The molecular weight excluding hydrogens is 386 g/mol. The van der Waals surface area contributed by atoms with Crippen LogP contribution < -0.4 is 10.1 Å². The number of nitrogens with zero attached hydrogens (tertiary/aromatic N) is 4. The van der Waals surface area contributed by atoms with Crippen LogP contribution in [0.4, 0.5) is 11.4 Å². The first-order valence-electron chi connectivity index (χ1n) is 8.09. The molecule has 1 amide bonds. The van der Waals surface area contributed by atoms with Crippen molar-refractivity contribution in [3.63, 3.8) is 0 Å². The smallest absolute Gasteiger partial charge is 0.271 e. The first-order chi connectivity index (χ1) is 13.4. The lowest BCUT2D eigenvalue weighted by atomic mass is 10.2. The molecule has 0 aliphatic heterocycles. The molecule has 0 saturated carbocycles. The van der Waals surface area contributed by atoms with Gasteiger partial charge in [-0.05, 0) is 19.1 Å². The van der Waals surface area contributed by atoms with Gasteiger partial charge in [0.15, 0.2) is 11.0 Å². The molecule has 3 rings (SSSR count). The van der Waals surface area contributed by atoms with Crippen LogP contribution in [-0.2, 0) is 11.8 Å². The summed E-state index contributed by atoms with van der Waals surface area (Å²) in [6, 6.07) is 5.80. The van der Waals surface area contributed by atoms with Crippen molar-refractivity contribution in [2.24, 2.45) is 7.05 Å². The van der Waals surface area contributed by atoms with Crippen LogP contribution in [0.25, 0.3) is 11.4 Å². The molecule has 0 saturated heterocycles. The number of nitro groups is 1. The number of furan rings is 1. The lowest BCUT2D eigenvalue weighted by Crippen LogP contribution is -2.15. The number of nitrogens with one attached hydrogen (secondary N) is 1. The third-order valence-corrected chi connectivity index (χ3v) is 4.96. The average molecular weight is 403 g/mol. The summed E-state index contributed by atoms with van der Waals surface area (Å²) in [5.41, 5.74) is 0.916. The van der Waals surface area contributed by atoms with Gasteiger partial charge in [0.25, 0.3) is 5.69 Å². The second-order valence-corrected chi connectivity index (χ2v) is 6.68. The second kappa shape index (κ2) is 8.13. The highest BCUT2D eigenvalue weighted by Crippen LogP contribution is 2.30. The van der Waals surface area contributed by atoms with Gasteiger partial charge in [-0.2, -0.15) is 0 Å². The highest BCUT2D eigenvalue weighted by atomic mass is 32.2. The first kappa shape index (κ1) is 19.4. The van der Waals surface area contributed by atoms with Gasteiger partial charge in [0.2, 0.25) is 5.91 Å². The number of benzene rings is 1. The third kappa shape index (κ3) is 3.98. The Bertz CT molecular complexity index is 1030. The predicted molar refractivity (Wildman–Crippen MR) is 102 cm³/mol. The Balaban J connectivity index is 1.69. The molecule has 2 heterocycles. The van der Waals surface area contributed by atoms with E-state index in [1.165, 1.54) is 37.1 Å². The van der Waals surface area contributed by atoms with Crippen LogP contribution in [0.5, 0.6) is 5.75 Å². The minimum atomic E-state index is -0.539. The lowest BCUT2D eigenvalue weighted by molar-refractivity contribution is -0.384. The summed E-state index contributed by atoms with van der Waals surface area (Å²) < 4.78 is 12.2. The Hall–Kier alpha value is -3.34. The number of rotatable bonds is 7. The van der Waals surface area contributed by atoms with Crippen LogP contribution in [0.1, 0.15) is 5.76 Å². The molecule has 0 aliphatic carbocycles. The van der Waals surface area contributed by atoms with Crippen LogP contribution in [0.15, 0.2) is 40.1 Å². The standard InChI is InChI=1S/C17H17N5O5S/c1-10-12(6-7-27-10)16-19-20-17(21(16)2)28-9-15(23)18-13-8-11(22(24)25)4-5-14(13)26-3/h4-8H,9H2,1-3H3,(H,18,23). The summed E-state index contributed by atoms with van der Waals surface area (Å²) in [5, 5.41) is 22.4. The number of hydrogen-bond acceptors (Lipinski definition) is 8. The lowest BCUT2D eigenvalue weighted by Gasteiger charge is -2.09. The molecule has 0 atom stereocenters. The van der Waals surface area contributed by atoms with Gasteiger partial charge in [-0.25, -0.2) is 0 Å². The van der Waals surface area contributed by atoms with Crippen LogP contribution in [0, 0.1) is 17.0 Å². The maximum absolute atomic E-state index is 12.3. The number of non-ortho nitro benzene ring substituents is 1. The minimum absolute atomic E-state index is 0.0438. The number of thioether (sulfide) groups is 1. The highest BCUT2D eigenvalue weighted by molar-refractivity contribution is 7.99. The summed E-state index contributed by atoms with van der Waals surface area (Å²) >= 11 is 1.19. The number of amides is 1. The number of carbonyl (C=O) groups excluding carboxylic acids is 1. The van der Waals surface area contributed by atoms with E-state index in [4.69, 9.17) is 9.15 Å². The number of aryl methyl sites for hydroxylation is 1. The summed E-state index contributed by atoms with van der Waals surface area (Å²) in [5.74, 6) is 1.38. The zero-order chi connectivity index (χ0) is 20.3. The Kier molecular flexibility index (Phi) is 5.64. The Morgan fingerprint density at radius 3 is 2.82 bits per heavy atom. The van der Waals surface area contributed by atoms with Crippen molar-refractivity contribution >= 4 is 29.0 Å². The number of nitro benzene ring substituents is 1. The van der Waals surface area contributed by atoms with Gasteiger partial charge < -0.3 is 19.0 Å². The van der Waals surface area contributed by atoms with Crippen molar-refractivity contribution in [2.45, 2.75) is 12.1 Å². The van der Waals surface area contributed by atoms with E-state index in [1.54, 1.807) is 23.9 Å². The maximum Gasteiger partial charge on any atom is 0.271 e. The molecule has 1 N–H and O–H groups in total. The number of methoxy groups -OCH3 is 1. The number of anilines is 1. The van der Waals surface area contributed by atoms with E-state index in [0.29, 0.717) is 16.7 Å². The Morgan fingerprint density at radius 1 is 1.39 bits per heavy atom. The highest BCUT2D eigenvalue weighted by Gasteiger charge is 2.17. The second-order valence-electron chi connectivity index (χ2n) is 5.73. The van der Waals surface area contributed by atoms with Crippen LogP contribution >= 0.6 is 11.8 Å². The van der Waals surface area contributed by atoms with Crippen LogP contribution in [0.3, 0.4) is 0 Å². The third-order valence-electron chi connectivity index (χ3n) is 3.93. The van der Waals surface area contributed by atoms with E-state index in [-0.39, 0.29) is 23.0 Å². The topological polar surface area (TPSA) is 125 Å². The number of aromatic nitrogens is 3. The van der Waals surface area contributed by atoms with E-state index in [9.17, 15) is 14.9 Å². The predicted octanol–water partition coefficient (Wildman–Crippen LogP) is 3.03. The molecule has 28 heavy (non-hydrogen) atoms. The fourth-order valence-corrected chi connectivity index (χ4v) is 3.23. The zero-order valence-corrected chi connectivity index (χ0v) is 16.1. The SMILES string of the molecule is COc1ccc([N+](=O)[O-])cc1NC(=O)CSc1nnc(-c2ccoc2C)n1C. The molecule has 3 aromatic rings. The fraction of sp³-hybridized carbons (Fsp3) is 0.235. The van der Waals surface area contributed by atoms with Crippen molar-refractivity contribution < 1.29 is 18.9 Å². The van der Waals surface area contributed by atoms with Gasteiger partial charge >= 0.3 is 0 Å². The summed E-state index contributed by atoms with van der Waals surface area (Å²) in [6.07, 6.45) is 1.58. The van der Waals surface area contributed by atoms with Crippen LogP contribution in [0.2, 0.25) is 0 Å². The minimum Gasteiger partial charge on any atom is -0.495 e. The van der Waals surface area contributed by atoms with Crippen molar-refractivity contribution in [1.29, 1.82) is 0 Å². The van der Waals surface area contributed by atoms with Crippen molar-refractivity contribution in [1.82, 2.24) is 14.8 Å². The molecule has 0 radical (unpaired) electrons. The van der Waals surface area contributed by atoms with Crippen molar-refractivity contribution in [3.8, 4) is 17.1 Å². The summed E-state index contributed by atoms with van der Waals surface area (Å²) in [4.78, 5) is 22.7. The van der Waals surface area contributed by atoms with Crippen molar-refractivity contribution in [2.75, 3.05) is 18.2 Å². The fourth-order valence-electron chi connectivity index (χ4n) is 2.52. The van der Waals surface area contributed by atoms with E-state index >= 15 is 0 Å². The largest absolute Gasteiger partial charge is 0.495 e. The molecule has 0 spiro atoms. The van der Waals surface area contributed by atoms with Gasteiger partial charge in [0.1, 0.15) is 11.5 Å². The molecule has 0 unspecified atom stereocenters. The first-order valence-corrected chi connectivity index (χ1v) is 9.08. The average Bonchev–Trinajstić information content (AvgIpc) is 3.25. The zero-order valence-electron chi connectivity index (χ0n) is 15.3. The molecule has 10 nitrogen and oxygen atoms in total. The Morgan fingerprint density at radius 2 is 2.18 bits per heavy atom. The van der Waals surface area contributed by atoms with E-state index < -0.39 is 4.92 Å². The maximum atomic E-state index is 12.3. The molecular formula is C17H17N5O5S. The van der Waals surface area contributed by atoms with E-state index in [1.807, 2.05) is 6.92 Å². The van der Waals surface area contributed by atoms with Gasteiger partial charge in [-0.1, -0.05) is 11.8 Å². The molecule has 0 fully saturated rings. The summed E-state index contributed by atoms with van der Waals surface area (Å²) in [6.45, 7) is 1.83.